The highest BCUT2D eigenvalue weighted by atomic mass is 28.4. The van der Waals surface area contributed by atoms with Gasteiger partial charge in [-0.2, -0.15) is 0 Å². The van der Waals surface area contributed by atoms with Gasteiger partial charge in [0.2, 0.25) is 16.6 Å². The van der Waals surface area contributed by atoms with E-state index < -0.39 is 16.6 Å². The molecule has 0 atom stereocenters. The van der Waals surface area contributed by atoms with Crippen LogP contribution in [0, 0.1) is 0 Å². The lowest BCUT2D eigenvalue weighted by Gasteiger charge is -2.23. The molecule has 0 aliphatic heterocycles. The zero-order chi connectivity index (χ0) is 16.5. The van der Waals surface area contributed by atoms with Crippen LogP contribution >= 0.6 is 0 Å². The Bertz CT molecular complexity index is 376. The quantitative estimate of drug-likeness (QED) is 0.193. The molecule has 0 radical (unpaired) electrons. The summed E-state index contributed by atoms with van der Waals surface area (Å²) < 4.78 is 22.9. The van der Waals surface area contributed by atoms with E-state index in [4.69, 9.17) is 18.3 Å². The van der Waals surface area contributed by atoms with Crippen LogP contribution in [-0.2, 0) is 18.3 Å². The van der Waals surface area contributed by atoms with Crippen molar-refractivity contribution in [1.82, 2.24) is 0 Å². The van der Waals surface area contributed by atoms with Crippen LogP contribution in [0.15, 0.2) is 36.7 Å². The molecule has 0 N–H and O–H groups in total. The average Bonchev–Trinajstić information content (AvgIpc) is 2.25. The van der Waals surface area contributed by atoms with E-state index in [2.05, 4.69) is 45.9 Å². The van der Waals surface area contributed by atoms with Crippen molar-refractivity contribution in [2.75, 3.05) is 13.2 Å². The molecule has 0 fully saturated rings. The van der Waals surface area contributed by atoms with Gasteiger partial charge < -0.3 is 18.3 Å². The fourth-order valence-corrected chi connectivity index (χ4v) is 2.84. The summed E-state index contributed by atoms with van der Waals surface area (Å²) in [5.41, 5.74) is 0. The average molecular weight is 331 g/mol. The molecule has 0 saturated carbocycles. The minimum Gasteiger partial charge on any atom is -0.542 e. The fourth-order valence-electron chi connectivity index (χ4n) is 1.30. The first-order chi connectivity index (χ1) is 9.57. The Morgan fingerprint density at radius 3 is 2.00 bits per heavy atom. The van der Waals surface area contributed by atoms with Crippen molar-refractivity contribution in [3.05, 3.63) is 36.7 Å². The maximum Gasteiger partial charge on any atom is 0.269 e. The van der Waals surface area contributed by atoms with Crippen molar-refractivity contribution in [2.45, 2.75) is 46.2 Å². The van der Waals surface area contributed by atoms with Gasteiger partial charge in [-0.25, -0.2) is 0 Å². The lowest BCUT2D eigenvalue weighted by Crippen LogP contribution is -2.27. The first kappa shape index (κ1) is 19.9. The van der Waals surface area contributed by atoms with Crippen LogP contribution in [0.1, 0.15) is 6.92 Å². The summed E-state index contributed by atoms with van der Waals surface area (Å²) in [5, 5.41) is 0. The van der Waals surface area contributed by atoms with E-state index in [1.807, 2.05) is 6.92 Å². The normalized spacial score (nSPS) is 13.7. The lowest BCUT2D eigenvalue weighted by molar-refractivity contribution is 0.110. The highest BCUT2D eigenvalue weighted by Gasteiger charge is 2.21. The second-order valence-electron chi connectivity index (χ2n) is 6.47. The highest BCUT2D eigenvalue weighted by Crippen LogP contribution is 2.18. The van der Waals surface area contributed by atoms with Crippen LogP contribution in [-0.4, -0.2) is 29.8 Å². The maximum absolute atomic E-state index is 6.00. The molecule has 0 rings (SSSR count). The maximum atomic E-state index is 6.00. The van der Waals surface area contributed by atoms with Gasteiger partial charge in [-0.3, -0.25) is 0 Å². The van der Waals surface area contributed by atoms with Crippen LogP contribution in [0.4, 0.5) is 0 Å². The first-order valence-corrected chi connectivity index (χ1v) is 14.0. The molecule has 0 aliphatic carbocycles. The summed E-state index contributed by atoms with van der Waals surface area (Å²) in [4.78, 5) is 0. The third-order valence-electron chi connectivity index (χ3n) is 1.79. The number of allylic oxidation sites excluding steroid dienone is 1. The Balaban J connectivity index is 5.19. The van der Waals surface area contributed by atoms with Crippen LogP contribution in [0.25, 0.3) is 0 Å². The predicted octanol–water partition coefficient (Wildman–Crippen LogP) is 4.61. The fraction of sp³-hybridized carbons (Fsp3) is 0.600. The highest BCUT2D eigenvalue weighted by molar-refractivity contribution is 6.70. The Labute approximate surface area is 131 Å². The second kappa shape index (κ2) is 8.99. The molecule has 0 aromatic carbocycles. The summed E-state index contributed by atoms with van der Waals surface area (Å²) >= 11 is 0. The van der Waals surface area contributed by atoms with E-state index in [0.717, 1.165) is 0 Å². The van der Waals surface area contributed by atoms with Gasteiger partial charge in [-0.15, -0.1) is 0 Å². The zero-order valence-electron chi connectivity index (χ0n) is 14.5. The molecule has 0 aromatic rings. The van der Waals surface area contributed by atoms with Gasteiger partial charge in [-0.05, 0) is 46.2 Å². The standard InChI is InChI=1S/C15H30O4Si2/c1-9-11-16-13-14(18-20(3,4)5)12-15(17-10-2)19-21(6,7)8/h9,12-13H,1,10-11H2,2-8H3/b14-13-,15-12-. The molecule has 4 nitrogen and oxygen atoms in total. The van der Waals surface area contributed by atoms with Gasteiger partial charge in [0.1, 0.15) is 18.6 Å². The third kappa shape index (κ3) is 12.3. The molecule has 0 amide bonds. The van der Waals surface area contributed by atoms with Gasteiger partial charge in [0.25, 0.3) is 5.95 Å². The number of rotatable bonds is 10. The van der Waals surface area contributed by atoms with Gasteiger partial charge >= 0.3 is 0 Å². The largest absolute Gasteiger partial charge is 0.542 e. The van der Waals surface area contributed by atoms with Gasteiger partial charge in [-0.1, -0.05) is 12.7 Å². The van der Waals surface area contributed by atoms with E-state index in [-0.39, 0.29) is 0 Å². The molecule has 0 heterocycles. The predicted molar refractivity (Wildman–Crippen MR) is 92.8 cm³/mol. The summed E-state index contributed by atoms with van der Waals surface area (Å²) in [6, 6.07) is 0. The van der Waals surface area contributed by atoms with Gasteiger partial charge in [0, 0.05) is 0 Å². The van der Waals surface area contributed by atoms with Crippen molar-refractivity contribution in [1.29, 1.82) is 0 Å². The van der Waals surface area contributed by atoms with Crippen LogP contribution in [0.3, 0.4) is 0 Å². The zero-order valence-corrected chi connectivity index (χ0v) is 16.5. The third-order valence-corrected chi connectivity index (χ3v) is 3.45. The van der Waals surface area contributed by atoms with E-state index >= 15 is 0 Å². The van der Waals surface area contributed by atoms with E-state index in [1.54, 1.807) is 18.4 Å². The van der Waals surface area contributed by atoms with Crippen molar-refractivity contribution in [2.24, 2.45) is 0 Å². The summed E-state index contributed by atoms with van der Waals surface area (Å²) in [6.45, 7) is 19.2. The van der Waals surface area contributed by atoms with Crippen molar-refractivity contribution < 1.29 is 18.3 Å². The van der Waals surface area contributed by atoms with Crippen LogP contribution in [0.2, 0.25) is 39.3 Å². The van der Waals surface area contributed by atoms with Crippen LogP contribution < -0.4 is 0 Å². The monoisotopic (exact) mass is 330 g/mol. The van der Waals surface area contributed by atoms with Gasteiger partial charge in [0.15, 0.2) is 0 Å². The number of ether oxygens (including phenoxy) is 2. The molecule has 0 bridgehead atoms. The molecular weight excluding hydrogens is 300 g/mol. The Morgan fingerprint density at radius 1 is 1.00 bits per heavy atom. The Hall–Kier alpha value is -1.15. The molecule has 0 unspecified atom stereocenters. The van der Waals surface area contributed by atoms with Crippen molar-refractivity contribution in [3.63, 3.8) is 0 Å². The van der Waals surface area contributed by atoms with Crippen molar-refractivity contribution >= 4 is 16.6 Å². The van der Waals surface area contributed by atoms with E-state index in [1.165, 1.54) is 0 Å². The summed E-state index contributed by atoms with van der Waals surface area (Å²) in [6.07, 6.45) is 5.05. The minimum absolute atomic E-state index is 0.436. The van der Waals surface area contributed by atoms with Gasteiger partial charge in [0.05, 0.1) is 12.7 Å². The molecule has 0 saturated heterocycles. The van der Waals surface area contributed by atoms with E-state index in [0.29, 0.717) is 24.9 Å². The van der Waals surface area contributed by atoms with E-state index in [9.17, 15) is 0 Å². The smallest absolute Gasteiger partial charge is 0.269 e. The molecule has 21 heavy (non-hydrogen) atoms. The molecule has 122 valence electrons. The van der Waals surface area contributed by atoms with Crippen LogP contribution in [0.5, 0.6) is 0 Å². The number of hydrogen-bond acceptors (Lipinski definition) is 4. The summed E-state index contributed by atoms with van der Waals surface area (Å²) in [7, 11) is -3.49. The Morgan fingerprint density at radius 2 is 1.57 bits per heavy atom. The topological polar surface area (TPSA) is 36.9 Å². The second-order valence-corrected chi connectivity index (χ2v) is 15.3. The molecule has 6 heteroatoms. The van der Waals surface area contributed by atoms with Crippen molar-refractivity contribution in [3.8, 4) is 0 Å². The molecule has 0 aromatic heterocycles. The lowest BCUT2D eigenvalue weighted by atomic mass is 10.5. The summed E-state index contributed by atoms with van der Waals surface area (Å²) in [5.74, 6) is 1.11. The minimum atomic E-state index is -1.75. The first-order valence-electron chi connectivity index (χ1n) is 7.22. The molecule has 0 spiro atoms. The molecular formula is C15H30O4Si2. The SMILES string of the molecule is C=CCO/C=C(/C=C(/OCC)O[Si](C)(C)C)O[Si](C)(C)C. The number of hydrogen-bond donors (Lipinski definition) is 0. The Kier molecular flexibility index (Phi) is 8.50. The molecule has 0 aliphatic rings.